The number of aromatic nitrogens is 3. The average Bonchev–Trinajstić information content (AvgIpc) is 3.15. The molecule has 2 aliphatic rings. The number of carbonyl (C=O) groups is 1. The standard InChI is InChI=1S/C24H23N5O3/c25-23(30)18-11-16(28-7-9-31-10-8-28)12-21-22(18)27-24(15-13-32-14-15)29(21)20-5-6-26-19-4-2-1-3-17(19)20/h1-6,11-12,15H,7-10,13-14H2,(H2,25,30). The number of benzene rings is 2. The van der Waals surface area contributed by atoms with Crippen LogP contribution in [0.3, 0.4) is 0 Å². The molecule has 4 heterocycles. The Morgan fingerprint density at radius 1 is 1.06 bits per heavy atom. The summed E-state index contributed by atoms with van der Waals surface area (Å²) in [6.07, 6.45) is 1.81. The van der Waals surface area contributed by atoms with Gasteiger partial charge in [0.05, 0.1) is 54.6 Å². The number of rotatable bonds is 4. The third-order valence-electron chi connectivity index (χ3n) is 6.28. The van der Waals surface area contributed by atoms with Gasteiger partial charge in [0.1, 0.15) is 11.3 Å². The Labute approximate surface area is 184 Å². The molecule has 2 aromatic carbocycles. The van der Waals surface area contributed by atoms with E-state index in [4.69, 9.17) is 20.2 Å². The maximum atomic E-state index is 12.5. The number of imidazole rings is 1. The van der Waals surface area contributed by atoms with Crippen molar-refractivity contribution in [3.8, 4) is 5.69 Å². The van der Waals surface area contributed by atoms with Crippen LogP contribution >= 0.6 is 0 Å². The van der Waals surface area contributed by atoms with Gasteiger partial charge in [0.15, 0.2) is 0 Å². The first-order valence-corrected chi connectivity index (χ1v) is 10.8. The van der Waals surface area contributed by atoms with E-state index in [9.17, 15) is 4.79 Å². The number of nitrogens with zero attached hydrogens (tertiary/aromatic N) is 4. The van der Waals surface area contributed by atoms with E-state index >= 15 is 0 Å². The summed E-state index contributed by atoms with van der Waals surface area (Å²) in [5, 5.41) is 1.02. The minimum Gasteiger partial charge on any atom is -0.380 e. The number of anilines is 1. The summed E-state index contributed by atoms with van der Waals surface area (Å²) in [7, 11) is 0. The maximum Gasteiger partial charge on any atom is 0.251 e. The Kier molecular flexibility index (Phi) is 4.55. The van der Waals surface area contributed by atoms with Crippen LogP contribution in [0.1, 0.15) is 22.1 Å². The second-order valence-corrected chi connectivity index (χ2v) is 8.21. The van der Waals surface area contributed by atoms with Crippen LogP contribution in [0, 0.1) is 0 Å². The molecule has 2 N–H and O–H groups in total. The van der Waals surface area contributed by atoms with Crippen LogP contribution in [0.5, 0.6) is 0 Å². The van der Waals surface area contributed by atoms with Gasteiger partial charge in [0.25, 0.3) is 5.91 Å². The molecule has 0 unspecified atom stereocenters. The maximum absolute atomic E-state index is 12.5. The quantitative estimate of drug-likeness (QED) is 0.536. The number of pyridine rings is 1. The molecule has 1 amide bonds. The molecule has 0 atom stereocenters. The number of morpholine rings is 1. The highest BCUT2D eigenvalue weighted by Gasteiger charge is 2.30. The molecule has 0 radical (unpaired) electrons. The molecule has 162 valence electrons. The normalized spacial score (nSPS) is 17.1. The van der Waals surface area contributed by atoms with E-state index in [2.05, 4.69) is 26.6 Å². The van der Waals surface area contributed by atoms with E-state index in [1.54, 1.807) is 0 Å². The van der Waals surface area contributed by atoms with E-state index in [1.807, 2.05) is 36.5 Å². The Hall–Kier alpha value is -3.49. The molecular formula is C24H23N5O3. The van der Waals surface area contributed by atoms with Gasteiger partial charge in [-0.25, -0.2) is 4.98 Å². The molecule has 0 aliphatic carbocycles. The van der Waals surface area contributed by atoms with Crippen molar-refractivity contribution < 1.29 is 14.3 Å². The largest absolute Gasteiger partial charge is 0.380 e. The van der Waals surface area contributed by atoms with Crippen molar-refractivity contribution in [2.45, 2.75) is 5.92 Å². The van der Waals surface area contributed by atoms with E-state index in [0.29, 0.717) is 37.5 Å². The van der Waals surface area contributed by atoms with Crippen LogP contribution in [0.2, 0.25) is 0 Å². The number of hydrogen-bond donors (Lipinski definition) is 1. The number of ether oxygens (including phenoxy) is 2. The summed E-state index contributed by atoms with van der Waals surface area (Å²) < 4.78 is 13.2. The number of amides is 1. The molecule has 8 nitrogen and oxygen atoms in total. The van der Waals surface area contributed by atoms with Gasteiger partial charge in [-0.3, -0.25) is 14.3 Å². The molecule has 4 aromatic rings. The van der Waals surface area contributed by atoms with E-state index in [0.717, 1.165) is 46.7 Å². The van der Waals surface area contributed by atoms with Crippen LogP contribution in [0.4, 0.5) is 5.69 Å². The highest BCUT2D eigenvalue weighted by Crippen LogP contribution is 2.36. The molecule has 8 heteroatoms. The monoisotopic (exact) mass is 429 g/mol. The van der Waals surface area contributed by atoms with Crippen molar-refractivity contribution in [1.29, 1.82) is 0 Å². The number of fused-ring (bicyclic) bond motifs is 2. The van der Waals surface area contributed by atoms with Crippen LogP contribution in [-0.2, 0) is 9.47 Å². The fraction of sp³-hybridized carbons (Fsp3) is 0.292. The van der Waals surface area contributed by atoms with Crippen molar-refractivity contribution in [2.75, 3.05) is 44.4 Å². The molecule has 6 rings (SSSR count). The second-order valence-electron chi connectivity index (χ2n) is 8.21. The predicted octanol–water partition coefficient (Wildman–Crippen LogP) is 2.62. The summed E-state index contributed by atoms with van der Waals surface area (Å²) in [6.45, 7) is 4.05. The third kappa shape index (κ3) is 3.03. The van der Waals surface area contributed by atoms with Crippen LogP contribution in [0.25, 0.3) is 27.6 Å². The third-order valence-corrected chi connectivity index (χ3v) is 6.28. The van der Waals surface area contributed by atoms with Gasteiger partial charge >= 0.3 is 0 Å². The molecule has 2 saturated heterocycles. The van der Waals surface area contributed by atoms with Gasteiger partial charge in [-0.05, 0) is 24.3 Å². The van der Waals surface area contributed by atoms with Crippen molar-refractivity contribution in [2.24, 2.45) is 5.73 Å². The molecule has 2 aromatic heterocycles. The summed E-state index contributed by atoms with van der Waals surface area (Å²) in [5.74, 6) is 0.553. The second kappa shape index (κ2) is 7.58. The van der Waals surface area contributed by atoms with Gasteiger partial charge in [-0.2, -0.15) is 0 Å². The Bertz CT molecular complexity index is 1330. The van der Waals surface area contributed by atoms with Crippen molar-refractivity contribution >= 4 is 33.5 Å². The molecule has 32 heavy (non-hydrogen) atoms. The van der Waals surface area contributed by atoms with E-state index in [1.165, 1.54) is 0 Å². The lowest BCUT2D eigenvalue weighted by Crippen LogP contribution is -2.36. The fourth-order valence-corrected chi connectivity index (χ4v) is 4.56. The highest BCUT2D eigenvalue weighted by molar-refractivity contribution is 6.06. The zero-order valence-electron chi connectivity index (χ0n) is 17.5. The van der Waals surface area contributed by atoms with Gasteiger partial charge in [0.2, 0.25) is 0 Å². The number of primary amides is 1. The fourth-order valence-electron chi connectivity index (χ4n) is 4.56. The van der Waals surface area contributed by atoms with E-state index < -0.39 is 5.91 Å². The lowest BCUT2D eigenvalue weighted by atomic mass is 10.1. The number of para-hydroxylation sites is 1. The van der Waals surface area contributed by atoms with Crippen LogP contribution < -0.4 is 10.6 Å². The summed E-state index contributed by atoms with van der Waals surface area (Å²) in [4.78, 5) is 24.2. The zero-order chi connectivity index (χ0) is 21.7. The minimum absolute atomic E-state index is 0.155. The molecular weight excluding hydrogens is 406 g/mol. The van der Waals surface area contributed by atoms with Gasteiger partial charge < -0.3 is 20.1 Å². The Balaban J connectivity index is 1.66. The van der Waals surface area contributed by atoms with Crippen LogP contribution in [0.15, 0.2) is 48.7 Å². The topological polar surface area (TPSA) is 95.5 Å². The molecule has 2 aliphatic heterocycles. The Morgan fingerprint density at radius 3 is 2.62 bits per heavy atom. The molecule has 0 bridgehead atoms. The number of hydrogen-bond acceptors (Lipinski definition) is 6. The van der Waals surface area contributed by atoms with Crippen molar-refractivity contribution in [1.82, 2.24) is 14.5 Å². The first kappa shape index (κ1) is 19.2. The molecule has 0 saturated carbocycles. The first-order chi connectivity index (χ1) is 15.7. The zero-order valence-corrected chi connectivity index (χ0v) is 17.5. The predicted molar refractivity (Wildman–Crippen MR) is 121 cm³/mol. The van der Waals surface area contributed by atoms with Crippen LogP contribution in [-0.4, -0.2) is 60.0 Å². The lowest BCUT2D eigenvalue weighted by Gasteiger charge is -2.29. The van der Waals surface area contributed by atoms with Gasteiger partial charge in [0, 0.05) is 30.4 Å². The van der Waals surface area contributed by atoms with E-state index in [-0.39, 0.29) is 5.92 Å². The molecule has 0 spiro atoms. The smallest absolute Gasteiger partial charge is 0.251 e. The summed E-state index contributed by atoms with van der Waals surface area (Å²) >= 11 is 0. The minimum atomic E-state index is -0.481. The SMILES string of the molecule is NC(=O)c1cc(N2CCOCC2)cc2c1nc(C1COC1)n2-c1ccnc2ccccc12. The number of nitrogens with two attached hydrogens (primary N) is 1. The Morgan fingerprint density at radius 2 is 1.88 bits per heavy atom. The lowest BCUT2D eigenvalue weighted by molar-refractivity contribution is 0.00449. The average molecular weight is 429 g/mol. The highest BCUT2D eigenvalue weighted by atomic mass is 16.5. The van der Waals surface area contributed by atoms with Gasteiger partial charge in [-0.15, -0.1) is 0 Å². The first-order valence-electron chi connectivity index (χ1n) is 10.8. The summed E-state index contributed by atoms with van der Waals surface area (Å²) in [5.41, 5.74) is 10.6. The van der Waals surface area contributed by atoms with Crippen molar-refractivity contribution in [3.63, 3.8) is 0 Å². The van der Waals surface area contributed by atoms with Crippen molar-refractivity contribution in [3.05, 3.63) is 60.0 Å². The summed E-state index contributed by atoms with van der Waals surface area (Å²) in [6, 6.07) is 14.0. The van der Waals surface area contributed by atoms with Gasteiger partial charge in [-0.1, -0.05) is 18.2 Å². The number of carbonyl (C=O) groups excluding carboxylic acids is 1. The molecule has 2 fully saturated rings.